The van der Waals surface area contributed by atoms with Crippen LogP contribution >= 0.6 is 0 Å². The molecule has 23 heavy (non-hydrogen) atoms. The number of hydrogen-bond acceptors (Lipinski definition) is 5. The number of rotatable bonds is 6. The van der Waals surface area contributed by atoms with Crippen LogP contribution in [0.1, 0.15) is 36.7 Å². The molecule has 0 radical (unpaired) electrons. The van der Waals surface area contributed by atoms with Crippen LogP contribution < -0.4 is 5.32 Å². The molecular formula is C17H17NO5. The molecule has 1 aliphatic rings. The molecule has 0 unspecified atom stereocenters. The monoisotopic (exact) mass is 315 g/mol. The van der Waals surface area contributed by atoms with Crippen molar-refractivity contribution in [3.8, 4) is 0 Å². The minimum atomic E-state index is -0.524. The van der Waals surface area contributed by atoms with Gasteiger partial charge in [-0.3, -0.25) is 9.59 Å². The third kappa shape index (κ3) is 3.59. The van der Waals surface area contributed by atoms with Crippen molar-refractivity contribution in [1.82, 2.24) is 0 Å². The molecule has 1 aromatic heterocycles. The van der Waals surface area contributed by atoms with Gasteiger partial charge in [0.25, 0.3) is 0 Å². The van der Waals surface area contributed by atoms with Gasteiger partial charge in [0.2, 0.25) is 11.7 Å². The Morgan fingerprint density at radius 1 is 1.26 bits per heavy atom. The Morgan fingerprint density at radius 2 is 2.04 bits per heavy atom. The van der Waals surface area contributed by atoms with Crippen LogP contribution in [0, 0.1) is 5.92 Å². The first kappa shape index (κ1) is 15.3. The zero-order valence-corrected chi connectivity index (χ0v) is 12.8. The van der Waals surface area contributed by atoms with Crippen molar-refractivity contribution in [2.75, 3.05) is 11.9 Å². The number of ketones is 1. The molecule has 1 aliphatic carbocycles. The van der Waals surface area contributed by atoms with Crippen LogP contribution in [0.25, 0.3) is 11.0 Å². The zero-order chi connectivity index (χ0) is 16.4. The van der Waals surface area contributed by atoms with Gasteiger partial charge in [-0.2, -0.15) is 0 Å². The van der Waals surface area contributed by atoms with Crippen LogP contribution in [-0.4, -0.2) is 24.3 Å². The first-order chi connectivity index (χ1) is 11.1. The van der Waals surface area contributed by atoms with Gasteiger partial charge in [-0.25, -0.2) is 4.79 Å². The van der Waals surface area contributed by atoms with E-state index in [2.05, 4.69) is 5.32 Å². The van der Waals surface area contributed by atoms with Crippen molar-refractivity contribution in [3.05, 3.63) is 30.0 Å². The number of benzene rings is 1. The van der Waals surface area contributed by atoms with E-state index < -0.39 is 5.97 Å². The van der Waals surface area contributed by atoms with Crippen molar-refractivity contribution < 1.29 is 23.5 Å². The molecule has 0 spiro atoms. The van der Waals surface area contributed by atoms with E-state index in [0.29, 0.717) is 11.3 Å². The van der Waals surface area contributed by atoms with Gasteiger partial charge in [0.1, 0.15) is 11.4 Å². The maximum atomic E-state index is 11.9. The van der Waals surface area contributed by atoms with Gasteiger partial charge in [-0.1, -0.05) is 0 Å². The number of hydrogen-bond donors (Lipinski definition) is 1. The summed E-state index contributed by atoms with van der Waals surface area (Å²) in [5.41, 5.74) is 0.996. The predicted molar refractivity (Wildman–Crippen MR) is 83.1 cm³/mol. The summed E-state index contributed by atoms with van der Waals surface area (Å²) in [7, 11) is 0. The molecule has 0 saturated heterocycles. The van der Waals surface area contributed by atoms with Gasteiger partial charge in [-0.15, -0.1) is 0 Å². The average molecular weight is 315 g/mol. The minimum Gasteiger partial charge on any atom is -0.460 e. The van der Waals surface area contributed by atoms with Crippen LogP contribution in [0.2, 0.25) is 0 Å². The molecule has 6 nitrogen and oxygen atoms in total. The number of furan rings is 1. The normalized spacial score (nSPS) is 13.8. The van der Waals surface area contributed by atoms with E-state index in [1.807, 2.05) is 0 Å². The Morgan fingerprint density at radius 3 is 2.74 bits per heavy atom. The van der Waals surface area contributed by atoms with Crippen LogP contribution in [0.15, 0.2) is 28.7 Å². The molecule has 6 heteroatoms. The zero-order valence-electron chi connectivity index (χ0n) is 12.8. The van der Waals surface area contributed by atoms with E-state index in [4.69, 9.17) is 9.15 Å². The van der Waals surface area contributed by atoms with Crippen molar-refractivity contribution in [1.29, 1.82) is 0 Å². The molecule has 1 heterocycles. The predicted octanol–water partition coefficient (Wildman–Crippen LogP) is 2.92. The smallest absolute Gasteiger partial charge is 0.374 e. The fourth-order valence-corrected chi connectivity index (χ4v) is 2.32. The van der Waals surface area contributed by atoms with E-state index in [1.54, 1.807) is 31.2 Å². The summed E-state index contributed by atoms with van der Waals surface area (Å²) in [6.45, 7) is 1.99. The molecule has 1 aromatic carbocycles. The van der Waals surface area contributed by atoms with Gasteiger partial charge in [-0.05, 0) is 38.0 Å². The van der Waals surface area contributed by atoms with Crippen molar-refractivity contribution >= 4 is 34.3 Å². The fraction of sp³-hybridized carbons (Fsp3) is 0.353. The number of nitrogens with one attached hydrogen (secondary N) is 1. The van der Waals surface area contributed by atoms with Crippen LogP contribution in [-0.2, 0) is 14.3 Å². The molecule has 0 bridgehead atoms. The quantitative estimate of drug-likeness (QED) is 0.654. The van der Waals surface area contributed by atoms with Gasteiger partial charge < -0.3 is 14.5 Å². The second kappa shape index (κ2) is 6.24. The number of anilines is 1. The van der Waals surface area contributed by atoms with Crippen molar-refractivity contribution in [3.63, 3.8) is 0 Å². The van der Waals surface area contributed by atoms with E-state index in [-0.39, 0.29) is 36.4 Å². The summed E-state index contributed by atoms with van der Waals surface area (Å²) in [6.07, 6.45) is 1.68. The lowest BCUT2D eigenvalue weighted by Crippen LogP contribution is -2.17. The largest absolute Gasteiger partial charge is 0.460 e. The van der Waals surface area contributed by atoms with E-state index in [9.17, 15) is 14.4 Å². The molecule has 1 amide bonds. The number of fused-ring (bicyclic) bond motifs is 1. The first-order valence-electron chi connectivity index (χ1n) is 7.60. The average Bonchev–Trinajstić information content (AvgIpc) is 3.27. The Balaban J connectivity index is 1.70. The number of Topliss-reactive ketones (excluding diaryl/α,β-unsaturated/α-hetero) is 1. The van der Waals surface area contributed by atoms with Gasteiger partial charge in [0.05, 0.1) is 13.0 Å². The third-order valence-electron chi connectivity index (χ3n) is 3.65. The number of carbonyl (C=O) groups excluding carboxylic acids is 3. The summed E-state index contributed by atoms with van der Waals surface area (Å²) in [6, 6.07) is 6.65. The SMILES string of the molecule is CCOC(=O)c1cc2ccc(NC(=O)CC(=O)C3CC3)cc2o1. The van der Waals surface area contributed by atoms with Gasteiger partial charge >= 0.3 is 5.97 Å². The number of amides is 1. The Hall–Kier alpha value is -2.63. The molecule has 1 N–H and O–H groups in total. The minimum absolute atomic E-state index is 0.00817. The summed E-state index contributed by atoms with van der Waals surface area (Å²) >= 11 is 0. The molecule has 1 fully saturated rings. The summed E-state index contributed by atoms with van der Waals surface area (Å²) in [5.74, 6) is -0.677. The first-order valence-corrected chi connectivity index (χ1v) is 7.60. The molecule has 3 rings (SSSR count). The second-order valence-electron chi connectivity index (χ2n) is 5.55. The lowest BCUT2D eigenvalue weighted by atomic mass is 10.2. The van der Waals surface area contributed by atoms with E-state index >= 15 is 0 Å². The highest BCUT2D eigenvalue weighted by atomic mass is 16.5. The van der Waals surface area contributed by atoms with Crippen LogP contribution in [0.5, 0.6) is 0 Å². The van der Waals surface area contributed by atoms with Gasteiger partial charge in [0, 0.05) is 23.1 Å². The lowest BCUT2D eigenvalue weighted by Gasteiger charge is -2.04. The van der Waals surface area contributed by atoms with E-state index in [1.165, 1.54) is 0 Å². The molecule has 1 saturated carbocycles. The molecule has 2 aromatic rings. The topological polar surface area (TPSA) is 85.6 Å². The highest BCUT2D eigenvalue weighted by molar-refractivity contribution is 6.06. The molecule has 120 valence electrons. The Bertz CT molecular complexity index is 772. The Labute approximate surface area is 132 Å². The third-order valence-corrected chi connectivity index (χ3v) is 3.65. The standard InChI is InChI=1S/C17H17NO5/c1-2-22-17(21)15-7-11-5-6-12(8-14(11)23-15)18-16(20)9-13(19)10-3-4-10/h5-8,10H,2-4,9H2,1H3,(H,18,20). The molecule has 0 aliphatic heterocycles. The lowest BCUT2D eigenvalue weighted by molar-refractivity contribution is -0.126. The Kier molecular flexibility index (Phi) is 4.14. The maximum Gasteiger partial charge on any atom is 0.374 e. The summed E-state index contributed by atoms with van der Waals surface area (Å²) in [4.78, 5) is 35.1. The van der Waals surface area contributed by atoms with Gasteiger partial charge in [0.15, 0.2) is 0 Å². The fourth-order valence-electron chi connectivity index (χ4n) is 2.32. The number of carbonyl (C=O) groups is 3. The maximum absolute atomic E-state index is 11.9. The van der Waals surface area contributed by atoms with Crippen molar-refractivity contribution in [2.24, 2.45) is 5.92 Å². The van der Waals surface area contributed by atoms with Crippen LogP contribution in [0.3, 0.4) is 0 Å². The summed E-state index contributed by atoms with van der Waals surface area (Å²) < 4.78 is 10.3. The highest BCUT2D eigenvalue weighted by Crippen LogP contribution is 2.31. The number of ether oxygens (including phenoxy) is 1. The summed E-state index contributed by atoms with van der Waals surface area (Å²) in [5, 5.41) is 3.41. The molecular weight excluding hydrogens is 298 g/mol. The molecule has 0 atom stereocenters. The highest BCUT2D eigenvalue weighted by Gasteiger charge is 2.30. The number of esters is 1. The van der Waals surface area contributed by atoms with E-state index in [0.717, 1.165) is 18.2 Å². The van der Waals surface area contributed by atoms with Crippen LogP contribution in [0.4, 0.5) is 5.69 Å². The van der Waals surface area contributed by atoms with Crippen molar-refractivity contribution in [2.45, 2.75) is 26.2 Å². The second-order valence-corrected chi connectivity index (χ2v) is 5.55.